The first-order valence-corrected chi connectivity index (χ1v) is 18.3. The predicted molar refractivity (Wildman–Crippen MR) is 224 cm³/mol. The van der Waals surface area contributed by atoms with Gasteiger partial charge in [0.25, 0.3) is 0 Å². The average molecular weight is 700 g/mol. The van der Waals surface area contributed by atoms with Crippen molar-refractivity contribution in [2.45, 2.75) is 0 Å². The summed E-state index contributed by atoms with van der Waals surface area (Å²) in [4.78, 5) is 0. The molecule has 11 aromatic rings. The smallest absolute Gasteiger partial charge is 0.0998 e. The van der Waals surface area contributed by atoms with E-state index in [-0.39, 0.29) is 0 Å². The topological polar surface area (TPSA) is 62.4 Å². The lowest BCUT2D eigenvalue weighted by Crippen LogP contribution is -2.03. The van der Waals surface area contributed by atoms with E-state index in [0.717, 1.165) is 71.8 Å². The molecule has 0 N–H and O–H groups in total. The van der Waals surface area contributed by atoms with Crippen molar-refractivity contribution in [2.75, 3.05) is 0 Å². The maximum atomic E-state index is 10.7. The Labute approximate surface area is 316 Å². The van der Waals surface area contributed by atoms with Crippen LogP contribution in [0.1, 0.15) is 11.1 Å². The van der Waals surface area contributed by atoms with E-state index in [0.29, 0.717) is 11.1 Å². The number of aromatic nitrogens is 3. The van der Waals surface area contributed by atoms with Crippen molar-refractivity contribution in [1.82, 2.24) is 13.7 Å². The maximum Gasteiger partial charge on any atom is 0.0998 e. The van der Waals surface area contributed by atoms with Gasteiger partial charge in [0.1, 0.15) is 0 Å². The average Bonchev–Trinajstić information content (AvgIpc) is 3.88. The van der Waals surface area contributed by atoms with Gasteiger partial charge in [-0.1, -0.05) is 97.1 Å². The number of nitriles is 2. The van der Waals surface area contributed by atoms with Gasteiger partial charge in [-0.3, -0.25) is 0 Å². The van der Waals surface area contributed by atoms with Crippen LogP contribution in [0.3, 0.4) is 0 Å². The second-order valence-corrected chi connectivity index (χ2v) is 13.9. The Bertz CT molecular complexity index is 3420. The van der Waals surface area contributed by atoms with Crippen molar-refractivity contribution in [1.29, 1.82) is 10.5 Å². The summed E-state index contributed by atoms with van der Waals surface area (Å²) >= 11 is 0. The van der Waals surface area contributed by atoms with E-state index >= 15 is 0 Å². The first kappa shape index (κ1) is 30.7. The van der Waals surface area contributed by atoms with E-state index < -0.39 is 0 Å². The highest BCUT2D eigenvalue weighted by Gasteiger charge is 2.23. The van der Waals surface area contributed by atoms with Crippen LogP contribution in [0, 0.1) is 22.7 Å². The second kappa shape index (κ2) is 11.8. The Morgan fingerprint density at radius 2 is 0.818 bits per heavy atom. The van der Waals surface area contributed by atoms with Crippen LogP contribution in [0.25, 0.3) is 93.6 Å². The van der Waals surface area contributed by atoms with Crippen molar-refractivity contribution >= 4 is 65.4 Å². The zero-order valence-corrected chi connectivity index (χ0v) is 29.5. The fraction of sp³-hybridized carbons (Fsp3) is 0. The fourth-order valence-electron chi connectivity index (χ4n) is 8.84. The quantitative estimate of drug-likeness (QED) is 0.184. The van der Waals surface area contributed by atoms with Gasteiger partial charge in [-0.05, 0) is 78.9 Å². The lowest BCUT2D eigenvalue weighted by atomic mass is 9.96. The third-order valence-corrected chi connectivity index (χ3v) is 11.1. The molecular formula is C50H29N5. The van der Waals surface area contributed by atoms with Crippen LogP contribution >= 0.6 is 0 Å². The highest BCUT2D eigenvalue weighted by Crippen LogP contribution is 2.43. The van der Waals surface area contributed by atoms with E-state index in [2.05, 4.69) is 159 Å². The highest BCUT2D eigenvalue weighted by atomic mass is 15.0. The fourth-order valence-corrected chi connectivity index (χ4v) is 8.84. The maximum absolute atomic E-state index is 10.7. The Kier molecular flexibility index (Phi) is 6.61. The van der Waals surface area contributed by atoms with Crippen LogP contribution in [0.15, 0.2) is 176 Å². The molecule has 3 heterocycles. The Balaban J connectivity index is 1.19. The number of nitrogens with zero attached hydrogens (tertiary/aromatic N) is 5. The van der Waals surface area contributed by atoms with Gasteiger partial charge in [0.15, 0.2) is 0 Å². The largest absolute Gasteiger partial charge is 0.309 e. The van der Waals surface area contributed by atoms with Crippen LogP contribution in [0.5, 0.6) is 0 Å². The first-order chi connectivity index (χ1) is 27.2. The molecule has 3 aromatic heterocycles. The van der Waals surface area contributed by atoms with Crippen molar-refractivity contribution < 1.29 is 0 Å². The molecule has 0 aliphatic rings. The molecule has 0 aliphatic heterocycles. The molecule has 5 nitrogen and oxygen atoms in total. The van der Waals surface area contributed by atoms with Gasteiger partial charge in [-0.2, -0.15) is 10.5 Å². The van der Waals surface area contributed by atoms with E-state index in [9.17, 15) is 10.5 Å². The van der Waals surface area contributed by atoms with Gasteiger partial charge >= 0.3 is 0 Å². The summed E-state index contributed by atoms with van der Waals surface area (Å²) in [7, 11) is 0. The SMILES string of the molecule is N#Cc1ccc2c(c1)c1ccccc1n2-c1cccc(C#N)c1-c1ccccc1-n1c2ccccc2c2cc(-n3c4ccccc4c4ccccc43)ccc21. The summed E-state index contributed by atoms with van der Waals surface area (Å²) in [6.45, 7) is 0. The molecule has 55 heavy (non-hydrogen) atoms. The summed E-state index contributed by atoms with van der Waals surface area (Å²) in [5, 5.41) is 27.3. The molecule has 0 unspecified atom stereocenters. The monoisotopic (exact) mass is 699 g/mol. The third-order valence-electron chi connectivity index (χ3n) is 11.1. The molecule has 0 saturated heterocycles. The van der Waals surface area contributed by atoms with Gasteiger partial charge in [-0.25, -0.2) is 0 Å². The normalized spacial score (nSPS) is 11.6. The summed E-state index contributed by atoms with van der Waals surface area (Å²) in [6.07, 6.45) is 0. The minimum absolute atomic E-state index is 0.582. The minimum atomic E-state index is 0.582. The minimum Gasteiger partial charge on any atom is -0.309 e. The van der Waals surface area contributed by atoms with Crippen LogP contribution in [0.2, 0.25) is 0 Å². The molecule has 0 amide bonds. The summed E-state index contributed by atoms with van der Waals surface area (Å²) in [5.41, 5.74) is 12.5. The van der Waals surface area contributed by atoms with Crippen LogP contribution in [-0.2, 0) is 0 Å². The van der Waals surface area contributed by atoms with Crippen molar-refractivity contribution in [2.24, 2.45) is 0 Å². The zero-order chi connectivity index (χ0) is 36.6. The molecule has 11 rings (SSSR count). The van der Waals surface area contributed by atoms with Crippen LogP contribution in [0.4, 0.5) is 0 Å². The molecule has 8 aromatic carbocycles. The molecule has 0 atom stereocenters. The number of benzene rings is 8. The van der Waals surface area contributed by atoms with Crippen molar-refractivity contribution in [3.63, 3.8) is 0 Å². The molecular weight excluding hydrogens is 671 g/mol. The molecule has 5 heteroatoms. The van der Waals surface area contributed by atoms with E-state index in [1.807, 2.05) is 42.5 Å². The predicted octanol–water partition coefficient (Wildman–Crippen LogP) is 12.4. The van der Waals surface area contributed by atoms with Gasteiger partial charge in [0, 0.05) is 49.1 Å². The summed E-state index contributed by atoms with van der Waals surface area (Å²) in [6, 6.07) is 65.9. The molecule has 0 aliphatic carbocycles. The summed E-state index contributed by atoms with van der Waals surface area (Å²) < 4.78 is 6.95. The number of para-hydroxylation sites is 5. The summed E-state index contributed by atoms with van der Waals surface area (Å²) in [5.74, 6) is 0. The molecule has 0 spiro atoms. The van der Waals surface area contributed by atoms with Crippen molar-refractivity contribution in [3.8, 4) is 40.3 Å². The Morgan fingerprint density at radius 3 is 1.44 bits per heavy atom. The van der Waals surface area contributed by atoms with Gasteiger partial charge < -0.3 is 13.7 Å². The lowest BCUT2D eigenvalue weighted by molar-refractivity contribution is 1.15. The molecule has 0 fully saturated rings. The van der Waals surface area contributed by atoms with Crippen LogP contribution < -0.4 is 0 Å². The van der Waals surface area contributed by atoms with Gasteiger partial charge in [0.2, 0.25) is 0 Å². The first-order valence-electron chi connectivity index (χ1n) is 18.3. The molecule has 0 bridgehead atoms. The lowest BCUT2D eigenvalue weighted by Gasteiger charge is -2.19. The van der Waals surface area contributed by atoms with Gasteiger partial charge in [-0.15, -0.1) is 0 Å². The molecule has 254 valence electrons. The van der Waals surface area contributed by atoms with E-state index in [4.69, 9.17) is 0 Å². The standard InChI is InChI=1S/C50H29N5/c51-30-32-24-26-47-40(28-32)37-15-3-9-21-45(37)55(47)49-23-11-12-33(31-52)50(49)39-17-5-10-22-46(39)54-44-20-8-4-16-38(44)41-29-34(25-27-48(41)54)53-42-18-6-1-13-35(42)36-14-2-7-19-43(36)53/h1-29H. The number of hydrogen-bond donors (Lipinski definition) is 0. The number of hydrogen-bond acceptors (Lipinski definition) is 2. The number of rotatable bonds is 4. The van der Waals surface area contributed by atoms with Crippen LogP contribution in [-0.4, -0.2) is 13.7 Å². The van der Waals surface area contributed by atoms with Crippen molar-refractivity contribution in [3.05, 3.63) is 187 Å². The molecule has 0 radical (unpaired) electrons. The highest BCUT2D eigenvalue weighted by molar-refractivity contribution is 6.13. The Morgan fingerprint density at radius 1 is 0.345 bits per heavy atom. The Hall–Kier alpha value is -7.86. The molecule has 0 saturated carbocycles. The van der Waals surface area contributed by atoms with Gasteiger partial charge in [0.05, 0.1) is 67.7 Å². The number of fused-ring (bicyclic) bond motifs is 9. The van der Waals surface area contributed by atoms with E-state index in [1.165, 1.54) is 21.8 Å². The second-order valence-electron chi connectivity index (χ2n) is 13.9. The zero-order valence-electron chi connectivity index (χ0n) is 29.5. The van der Waals surface area contributed by atoms with E-state index in [1.54, 1.807) is 0 Å². The third kappa shape index (κ3) is 4.39.